The Kier molecular flexibility index (Phi) is 3.64. The van der Waals surface area contributed by atoms with Crippen LogP contribution in [0.15, 0.2) is 42.6 Å². The summed E-state index contributed by atoms with van der Waals surface area (Å²) in [4.78, 5) is 4.64. The molecule has 0 radical (unpaired) electrons. The van der Waals surface area contributed by atoms with Crippen molar-refractivity contribution >= 4 is 13.3 Å². The molecule has 0 spiro atoms. The molecule has 0 atom stereocenters. The Morgan fingerprint density at radius 1 is 1.10 bits per heavy atom. The van der Waals surface area contributed by atoms with Gasteiger partial charge in [0.05, 0.1) is 13.8 Å². The molecule has 0 saturated carbocycles. The van der Waals surface area contributed by atoms with Gasteiger partial charge in [0.15, 0.2) is 0 Å². The predicted octanol–water partition coefficient (Wildman–Crippen LogP) is 4.88. The molecule has 0 aliphatic carbocycles. The quantitative estimate of drug-likeness (QED) is 0.736. The van der Waals surface area contributed by atoms with Crippen LogP contribution in [0, 0.1) is 5.41 Å². The molecular formula is C19H27NSi. The van der Waals surface area contributed by atoms with Gasteiger partial charge in [-0.15, -0.1) is 0 Å². The lowest BCUT2D eigenvalue weighted by Crippen LogP contribution is -2.41. The zero-order chi connectivity index (χ0) is 17.5. The Morgan fingerprint density at radius 3 is 2.24 bits per heavy atom. The highest BCUT2D eigenvalue weighted by atomic mass is 28.3. The van der Waals surface area contributed by atoms with E-state index in [1.807, 2.05) is 63.4 Å². The molecule has 0 N–H and O–H groups in total. The summed E-state index contributed by atoms with van der Waals surface area (Å²) in [5, 5.41) is 1.11. The second-order valence-electron chi connectivity index (χ2n) is 7.61. The van der Waals surface area contributed by atoms with Gasteiger partial charge in [-0.1, -0.05) is 70.7 Å². The summed E-state index contributed by atoms with van der Waals surface area (Å²) in [6, 6.07) is 12.0. The molecule has 1 heterocycles. The standard InChI is InChI=1S/C19H27NSi/c1-19(2,3)13-16-12-17(15-10-8-7-9-11-15)20-14-18(16)21(4,5)6/h7-12,14H,13H2,1-6H3/i13D2. The Balaban J connectivity index is 2.70. The minimum absolute atomic E-state index is 0.475. The molecule has 1 nitrogen and oxygen atoms in total. The van der Waals surface area contributed by atoms with Crippen molar-refractivity contribution in [3.05, 3.63) is 48.2 Å². The highest BCUT2D eigenvalue weighted by molar-refractivity contribution is 6.89. The number of nitrogens with zero attached hydrogens (tertiary/aromatic N) is 1. The second-order valence-corrected chi connectivity index (χ2v) is 12.6. The Morgan fingerprint density at radius 2 is 1.71 bits per heavy atom. The van der Waals surface area contributed by atoms with Gasteiger partial charge in [-0.05, 0) is 28.6 Å². The van der Waals surface area contributed by atoms with Crippen molar-refractivity contribution in [1.82, 2.24) is 4.98 Å². The second kappa shape index (κ2) is 5.76. The van der Waals surface area contributed by atoms with E-state index in [1.54, 1.807) is 0 Å². The third-order valence-corrected chi connectivity index (χ3v) is 5.31. The lowest BCUT2D eigenvalue weighted by molar-refractivity contribution is 0.412. The summed E-state index contributed by atoms with van der Waals surface area (Å²) in [5.74, 6) is 0. The van der Waals surface area contributed by atoms with Crippen LogP contribution in [0.1, 0.15) is 29.1 Å². The van der Waals surface area contributed by atoms with E-state index in [0.29, 0.717) is 0 Å². The topological polar surface area (TPSA) is 12.9 Å². The molecular weight excluding hydrogens is 270 g/mol. The van der Waals surface area contributed by atoms with Gasteiger partial charge < -0.3 is 0 Å². The van der Waals surface area contributed by atoms with Gasteiger partial charge in [-0.2, -0.15) is 0 Å². The van der Waals surface area contributed by atoms with Gasteiger partial charge in [0, 0.05) is 14.5 Å². The Hall–Kier alpha value is -1.41. The van der Waals surface area contributed by atoms with Gasteiger partial charge in [0.25, 0.3) is 0 Å². The van der Waals surface area contributed by atoms with Gasteiger partial charge in [0.1, 0.15) is 0 Å². The molecule has 0 amide bonds. The molecule has 0 unspecified atom stereocenters. The van der Waals surface area contributed by atoms with Crippen molar-refractivity contribution in [2.75, 3.05) is 0 Å². The van der Waals surface area contributed by atoms with E-state index >= 15 is 0 Å². The molecule has 0 fully saturated rings. The van der Waals surface area contributed by atoms with Gasteiger partial charge >= 0.3 is 0 Å². The van der Waals surface area contributed by atoms with E-state index in [0.717, 1.165) is 22.0 Å². The van der Waals surface area contributed by atoms with Crippen LogP contribution in [0.5, 0.6) is 0 Å². The van der Waals surface area contributed by atoms with Crippen LogP contribution >= 0.6 is 0 Å². The van der Waals surface area contributed by atoms with Crippen LogP contribution in [0.25, 0.3) is 11.3 Å². The van der Waals surface area contributed by atoms with Crippen LogP contribution in [0.3, 0.4) is 0 Å². The maximum Gasteiger partial charge on any atom is 0.0799 e. The number of benzene rings is 1. The number of hydrogen-bond acceptors (Lipinski definition) is 1. The van der Waals surface area contributed by atoms with E-state index < -0.39 is 19.9 Å². The van der Waals surface area contributed by atoms with E-state index in [1.165, 1.54) is 0 Å². The van der Waals surface area contributed by atoms with E-state index in [9.17, 15) is 0 Å². The lowest BCUT2D eigenvalue weighted by Gasteiger charge is -2.26. The minimum Gasteiger partial charge on any atom is -0.256 e. The molecule has 1 aromatic carbocycles. The fraction of sp³-hybridized carbons (Fsp3) is 0.421. The average molecular weight is 300 g/mol. The average Bonchev–Trinajstić information content (AvgIpc) is 2.45. The molecule has 2 rings (SSSR count). The third-order valence-electron chi connectivity index (χ3n) is 3.29. The third kappa shape index (κ3) is 4.27. The van der Waals surface area contributed by atoms with Crippen molar-refractivity contribution in [2.24, 2.45) is 5.41 Å². The van der Waals surface area contributed by atoms with Crippen molar-refractivity contribution < 1.29 is 2.74 Å². The first-order valence-electron chi connectivity index (χ1n) is 8.51. The highest BCUT2D eigenvalue weighted by Gasteiger charge is 2.24. The zero-order valence-corrected chi connectivity index (χ0v) is 15.0. The van der Waals surface area contributed by atoms with Crippen molar-refractivity contribution in [3.8, 4) is 11.3 Å². The summed E-state index contributed by atoms with van der Waals surface area (Å²) in [5.41, 5.74) is 2.20. The van der Waals surface area contributed by atoms with Crippen molar-refractivity contribution in [1.29, 1.82) is 0 Å². The van der Waals surface area contributed by atoms with Crippen LogP contribution in [0.2, 0.25) is 19.6 Å². The molecule has 1 aromatic heterocycles. The molecule has 2 aromatic rings. The molecule has 0 saturated heterocycles. The zero-order valence-electron chi connectivity index (χ0n) is 16.0. The van der Waals surface area contributed by atoms with Gasteiger partial charge in [-0.3, -0.25) is 4.98 Å². The summed E-state index contributed by atoms with van der Waals surface area (Å²) in [6.07, 6.45) is 0.503. The smallest absolute Gasteiger partial charge is 0.0799 e. The monoisotopic (exact) mass is 299 g/mol. The molecule has 0 aliphatic rings. The molecule has 0 aliphatic heterocycles. The normalized spacial score (nSPS) is 14.6. The van der Waals surface area contributed by atoms with Crippen LogP contribution in [-0.4, -0.2) is 13.1 Å². The summed E-state index contributed by atoms with van der Waals surface area (Å²) in [7, 11) is -1.69. The fourth-order valence-electron chi connectivity index (χ4n) is 2.33. The Labute approximate surface area is 133 Å². The van der Waals surface area contributed by atoms with Crippen LogP contribution < -0.4 is 5.19 Å². The highest BCUT2D eigenvalue weighted by Crippen LogP contribution is 2.24. The Bertz CT molecular complexity index is 683. The summed E-state index contributed by atoms with van der Waals surface area (Å²) < 4.78 is 17.5. The lowest BCUT2D eigenvalue weighted by atomic mass is 9.88. The van der Waals surface area contributed by atoms with Crippen LogP contribution in [-0.2, 0) is 6.37 Å². The first-order chi connectivity index (χ1) is 10.4. The largest absolute Gasteiger partial charge is 0.256 e. The summed E-state index contributed by atoms with van der Waals surface area (Å²) in [6.45, 7) is 12.6. The first kappa shape index (κ1) is 13.3. The molecule has 21 heavy (non-hydrogen) atoms. The SMILES string of the molecule is [2H]C([2H])(c1cc(-c2ccccc2)ncc1[Si](C)(C)C)C(C)(C)C. The number of aromatic nitrogens is 1. The van der Waals surface area contributed by atoms with Crippen molar-refractivity contribution in [3.63, 3.8) is 0 Å². The number of rotatable bonds is 3. The van der Waals surface area contributed by atoms with E-state index in [-0.39, 0.29) is 0 Å². The van der Waals surface area contributed by atoms with E-state index in [2.05, 4.69) is 24.6 Å². The minimum atomic E-state index is -1.69. The van der Waals surface area contributed by atoms with E-state index in [4.69, 9.17) is 2.74 Å². The van der Waals surface area contributed by atoms with Crippen molar-refractivity contribution in [2.45, 2.75) is 46.8 Å². The maximum atomic E-state index is 8.76. The van der Waals surface area contributed by atoms with Gasteiger partial charge in [0.2, 0.25) is 0 Å². The molecule has 112 valence electrons. The van der Waals surface area contributed by atoms with Crippen LogP contribution in [0.4, 0.5) is 0 Å². The maximum absolute atomic E-state index is 8.76. The number of pyridine rings is 1. The number of hydrogen-bond donors (Lipinski definition) is 0. The predicted molar refractivity (Wildman–Crippen MR) is 95.8 cm³/mol. The summed E-state index contributed by atoms with van der Waals surface area (Å²) >= 11 is 0. The van der Waals surface area contributed by atoms with Gasteiger partial charge in [-0.25, -0.2) is 0 Å². The molecule has 2 heteroatoms. The fourth-order valence-corrected chi connectivity index (χ4v) is 3.72. The molecule has 0 bridgehead atoms. The first-order valence-corrected chi connectivity index (χ1v) is 11.0.